The summed E-state index contributed by atoms with van der Waals surface area (Å²) in [6.45, 7) is 2.27. The van der Waals surface area contributed by atoms with Crippen molar-refractivity contribution in [3.8, 4) is 10.6 Å². The first-order chi connectivity index (χ1) is 9.02. The van der Waals surface area contributed by atoms with Gasteiger partial charge in [0.2, 0.25) is 0 Å². The molecular weight excluding hydrogens is 321 g/mol. The predicted octanol–water partition coefficient (Wildman–Crippen LogP) is 2.90. The highest BCUT2D eigenvalue weighted by Crippen LogP contribution is 2.31. The van der Waals surface area contributed by atoms with Crippen LogP contribution in [0.1, 0.15) is 17.4 Å². The van der Waals surface area contributed by atoms with Crippen molar-refractivity contribution >= 4 is 41.3 Å². The van der Waals surface area contributed by atoms with Gasteiger partial charge in [-0.3, -0.25) is 4.79 Å². The number of amides is 1. The zero-order valence-corrected chi connectivity index (χ0v) is 13.4. The third-order valence-electron chi connectivity index (χ3n) is 2.87. The molecule has 0 fully saturated rings. The molecule has 2 N–H and O–H groups in total. The van der Waals surface area contributed by atoms with E-state index in [1.54, 1.807) is 24.1 Å². The molecule has 2 aromatic rings. The third kappa shape index (κ3) is 3.52. The fraction of sp³-hybridized carbons (Fsp3) is 0.333. The molecule has 0 aliphatic carbocycles. The van der Waals surface area contributed by atoms with Gasteiger partial charge in [0.15, 0.2) is 11.5 Å². The molecule has 2 aromatic heterocycles. The number of aromatic nitrogens is 1. The van der Waals surface area contributed by atoms with Crippen LogP contribution in [0.4, 0.5) is 0 Å². The van der Waals surface area contributed by atoms with E-state index in [4.69, 9.17) is 21.9 Å². The summed E-state index contributed by atoms with van der Waals surface area (Å²) in [5.74, 6) is 0.324. The normalized spacial score (nSPS) is 11.8. The number of thiophene rings is 1. The van der Waals surface area contributed by atoms with Crippen LogP contribution < -0.4 is 5.73 Å². The molecule has 1 unspecified atom stereocenters. The molecule has 0 saturated heterocycles. The van der Waals surface area contributed by atoms with Gasteiger partial charge in [0.1, 0.15) is 0 Å². The zero-order valence-electron chi connectivity index (χ0n) is 11.0. The fourth-order valence-corrected chi connectivity index (χ4v) is 2.47. The van der Waals surface area contributed by atoms with E-state index in [2.05, 4.69) is 5.16 Å². The molecule has 0 bridgehead atoms. The summed E-state index contributed by atoms with van der Waals surface area (Å²) in [5, 5.41) is 3.80. The lowest BCUT2D eigenvalue weighted by atomic mass is 10.2. The van der Waals surface area contributed by atoms with Gasteiger partial charge in [-0.25, -0.2) is 0 Å². The standard InChI is InChI=1S/C12H14ClN3O2S.ClH/c1-7(6-14)16(2)12(17)8-5-9(18-15-8)10-3-4-11(13)19-10;/h3-5,7H,6,14H2,1-2H3;1H. The van der Waals surface area contributed by atoms with Crippen molar-refractivity contribution in [1.29, 1.82) is 0 Å². The Morgan fingerprint density at radius 1 is 1.60 bits per heavy atom. The van der Waals surface area contributed by atoms with Crippen LogP contribution in [-0.4, -0.2) is 35.6 Å². The predicted molar refractivity (Wildman–Crippen MR) is 82.7 cm³/mol. The number of nitrogens with zero attached hydrogens (tertiary/aromatic N) is 2. The molecule has 1 amide bonds. The van der Waals surface area contributed by atoms with Gasteiger partial charge in [0, 0.05) is 25.7 Å². The van der Waals surface area contributed by atoms with Crippen molar-refractivity contribution in [3.63, 3.8) is 0 Å². The van der Waals surface area contributed by atoms with Crippen molar-refractivity contribution in [1.82, 2.24) is 10.1 Å². The Kier molecular flexibility index (Phi) is 6.01. The fourth-order valence-electron chi connectivity index (χ4n) is 1.48. The van der Waals surface area contributed by atoms with E-state index in [1.807, 2.05) is 13.0 Å². The van der Waals surface area contributed by atoms with E-state index in [1.165, 1.54) is 11.3 Å². The van der Waals surface area contributed by atoms with Crippen LogP contribution in [0.5, 0.6) is 0 Å². The van der Waals surface area contributed by atoms with Crippen LogP contribution in [-0.2, 0) is 0 Å². The summed E-state index contributed by atoms with van der Waals surface area (Å²) in [6, 6.07) is 5.16. The molecule has 0 aromatic carbocycles. The second-order valence-electron chi connectivity index (χ2n) is 4.18. The van der Waals surface area contributed by atoms with Gasteiger partial charge < -0.3 is 15.2 Å². The van der Waals surface area contributed by atoms with E-state index < -0.39 is 0 Å². The van der Waals surface area contributed by atoms with E-state index in [9.17, 15) is 4.79 Å². The minimum Gasteiger partial charge on any atom is -0.355 e. The Morgan fingerprint density at radius 2 is 2.30 bits per heavy atom. The molecule has 20 heavy (non-hydrogen) atoms. The van der Waals surface area contributed by atoms with Gasteiger partial charge >= 0.3 is 0 Å². The quantitative estimate of drug-likeness (QED) is 0.932. The molecule has 0 aliphatic heterocycles. The lowest BCUT2D eigenvalue weighted by molar-refractivity contribution is 0.0738. The molecule has 1 atom stereocenters. The maximum absolute atomic E-state index is 12.1. The second-order valence-corrected chi connectivity index (χ2v) is 5.90. The van der Waals surface area contributed by atoms with Gasteiger partial charge in [-0.1, -0.05) is 16.8 Å². The summed E-state index contributed by atoms with van der Waals surface area (Å²) >= 11 is 7.23. The number of rotatable bonds is 4. The monoisotopic (exact) mass is 335 g/mol. The lowest BCUT2D eigenvalue weighted by Crippen LogP contribution is -2.39. The van der Waals surface area contributed by atoms with Crippen molar-refractivity contribution in [3.05, 3.63) is 28.2 Å². The molecule has 0 radical (unpaired) electrons. The van der Waals surface area contributed by atoms with Crippen LogP contribution in [0.25, 0.3) is 10.6 Å². The minimum atomic E-state index is -0.212. The molecule has 0 aliphatic rings. The maximum atomic E-state index is 12.1. The molecule has 8 heteroatoms. The summed E-state index contributed by atoms with van der Waals surface area (Å²) in [7, 11) is 1.69. The molecule has 0 spiro atoms. The van der Waals surface area contributed by atoms with E-state index in [0.717, 1.165) is 4.88 Å². The van der Waals surface area contributed by atoms with Gasteiger partial charge in [-0.05, 0) is 19.1 Å². The second kappa shape index (κ2) is 7.08. The highest BCUT2D eigenvalue weighted by molar-refractivity contribution is 7.19. The van der Waals surface area contributed by atoms with Crippen molar-refractivity contribution in [2.24, 2.45) is 5.73 Å². The highest BCUT2D eigenvalue weighted by atomic mass is 35.5. The molecule has 5 nitrogen and oxygen atoms in total. The SMILES string of the molecule is CC(CN)N(C)C(=O)c1cc(-c2ccc(Cl)s2)on1.Cl. The first kappa shape index (κ1) is 17.0. The lowest BCUT2D eigenvalue weighted by Gasteiger charge is -2.22. The van der Waals surface area contributed by atoms with Gasteiger partial charge in [0.05, 0.1) is 9.21 Å². The Labute approximate surface area is 132 Å². The van der Waals surface area contributed by atoms with Crippen LogP contribution in [0.2, 0.25) is 4.34 Å². The molecule has 2 rings (SSSR count). The molecule has 0 saturated carbocycles. The third-order valence-corrected chi connectivity index (χ3v) is 4.11. The Morgan fingerprint density at radius 3 is 2.85 bits per heavy atom. The van der Waals surface area contributed by atoms with E-state index >= 15 is 0 Å². The number of likely N-dealkylation sites (N-methyl/N-ethyl adjacent to an activating group) is 1. The average molecular weight is 336 g/mol. The average Bonchev–Trinajstić information content (AvgIpc) is 3.04. The smallest absolute Gasteiger partial charge is 0.276 e. The topological polar surface area (TPSA) is 72.4 Å². The van der Waals surface area contributed by atoms with E-state index in [-0.39, 0.29) is 30.0 Å². The number of hydrogen-bond donors (Lipinski definition) is 1. The summed E-state index contributed by atoms with van der Waals surface area (Å²) in [6.07, 6.45) is 0. The van der Waals surface area contributed by atoms with Gasteiger partial charge in [-0.15, -0.1) is 23.7 Å². The maximum Gasteiger partial charge on any atom is 0.276 e. The number of halogens is 2. The van der Waals surface area contributed by atoms with Crippen LogP contribution in [0.3, 0.4) is 0 Å². The first-order valence-electron chi connectivity index (χ1n) is 5.72. The van der Waals surface area contributed by atoms with Crippen molar-refractivity contribution in [2.45, 2.75) is 13.0 Å². The van der Waals surface area contributed by atoms with Crippen molar-refractivity contribution in [2.75, 3.05) is 13.6 Å². The summed E-state index contributed by atoms with van der Waals surface area (Å²) in [5.41, 5.74) is 5.80. The van der Waals surface area contributed by atoms with Crippen LogP contribution in [0, 0.1) is 0 Å². The van der Waals surface area contributed by atoms with Gasteiger partial charge in [0.25, 0.3) is 5.91 Å². The largest absolute Gasteiger partial charge is 0.355 e. The molecular formula is C12H15Cl2N3O2S. The molecule has 110 valence electrons. The Balaban J connectivity index is 0.00000200. The highest BCUT2D eigenvalue weighted by Gasteiger charge is 2.21. The molecule has 2 heterocycles. The summed E-state index contributed by atoms with van der Waals surface area (Å²) in [4.78, 5) is 14.5. The summed E-state index contributed by atoms with van der Waals surface area (Å²) < 4.78 is 5.83. The Bertz CT molecular complexity index is 585. The number of carbonyl (C=O) groups excluding carboxylic acids is 1. The van der Waals surface area contributed by atoms with Gasteiger partial charge in [-0.2, -0.15) is 0 Å². The Hall–Kier alpha value is -1.08. The zero-order chi connectivity index (χ0) is 14.0. The first-order valence-corrected chi connectivity index (χ1v) is 6.92. The van der Waals surface area contributed by atoms with Crippen LogP contribution in [0.15, 0.2) is 22.7 Å². The number of carbonyl (C=O) groups is 1. The number of nitrogens with two attached hydrogens (primary N) is 1. The van der Waals surface area contributed by atoms with Crippen molar-refractivity contribution < 1.29 is 9.32 Å². The van der Waals surface area contributed by atoms with E-state index in [0.29, 0.717) is 16.6 Å². The minimum absolute atomic E-state index is 0. The number of hydrogen-bond acceptors (Lipinski definition) is 5. The van der Waals surface area contributed by atoms with Crippen LogP contribution >= 0.6 is 35.3 Å².